The van der Waals surface area contributed by atoms with E-state index in [1.54, 1.807) is 17.7 Å². The molecule has 0 aliphatic carbocycles. The van der Waals surface area contributed by atoms with Crippen molar-refractivity contribution < 1.29 is 14.0 Å². The minimum Gasteiger partial charge on any atom is -0.461 e. The van der Waals surface area contributed by atoms with E-state index in [4.69, 9.17) is 4.42 Å². The van der Waals surface area contributed by atoms with Gasteiger partial charge in [0.05, 0.1) is 12.8 Å². The average Bonchev–Trinajstić information content (AvgIpc) is 2.99. The number of amides is 1. The number of ketones is 1. The number of aromatic nitrogens is 3. The minimum absolute atomic E-state index is 0.0282. The molecule has 0 spiro atoms. The van der Waals surface area contributed by atoms with Crippen molar-refractivity contribution in [1.29, 1.82) is 0 Å². The molecule has 0 fully saturated rings. The van der Waals surface area contributed by atoms with Gasteiger partial charge in [-0.2, -0.15) is 5.10 Å². The van der Waals surface area contributed by atoms with Gasteiger partial charge in [-0.05, 0) is 19.1 Å². The molecule has 7 heteroatoms. The van der Waals surface area contributed by atoms with Crippen molar-refractivity contribution in [3.8, 4) is 0 Å². The van der Waals surface area contributed by atoms with Crippen LogP contribution in [0.15, 0.2) is 35.5 Å². The Morgan fingerprint density at radius 1 is 1.56 bits per heavy atom. The summed E-state index contributed by atoms with van der Waals surface area (Å²) in [6.07, 6.45) is 4.29. The Kier molecular flexibility index (Phi) is 3.52. The van der Waals surface area contributed by atoms with Crippen molar-refractivity contribution in [3.63, 3.8) is 0 Å². The van der Waals surface area contributed by atoms with Crippen LogP contribution in [0.25, 0.3) is 0 Å². The Morgan fingerprint density at radius 3 is 3.00 bits per heavy atom. The van der Waals surface area contributed by atoms with Gasteiger partial charge in [0, 0.05) is 6.04 Å². The van der Waals surface area contributed by atoms with Gasteiger partial charge in [0.1, 0.15) is 12.7 Å². The highest BCUT2D eigenvalue weighted by molar-refractivity contribution is 6.42. The Balaban J connectivity index is 1.89. The van der Waals surface area contributed by atoms with Crippen molar-refractivity contribution >= 4 is 11.7 Å². The minimum atomic E-state index is -0.697. The molecule has 94 valence electrons. The number of nitrogens with one attached hydrogen (secondary N) is 1. The molecule has 0 aliphatic heterocycles. The van der Waals surface area contributed by atoms with Crippen molar-refractivity contribution in [3.05, 3.63) is 36.8 Å². The molecule has 7 nitrogen and oxygen atoms in total. The molecule has 0 unspecified atom stereocenters. The van der Waals surface area contributed by atoms with Crippen LogP contribution < -0.4 is 5.32 Å². The zero-order chi connectivity index (χ0) is 13.0. The van der Waals surface area contributed by atoms with E-state index in [1.165, 1.54) is 25.0 Å². The van der Waals surface area contributed by atoms with Crippen LogP contribution in [0.2, 0.25) is 0 Å². The third-order valence-corrected chi connectivity index (χ3v) is 2.26. The molecule has 0 saturated heterocycles. The molecular formula is C11H12N4O3. The fourth-order valence-corrected chi connectivity index (χ4v) is 1.46. The van der Waals surface area contributed by atoms with Crippen LogP contribution in [-0.4, -0.2) is 32.5 Å². The Labute approximate surface area is 103 Å². The molecule has 1 atom stereocenters. The molecule has 2 aromatic heterocycles. The summed E-state index contributed by atoms with van der Waals surface area (Å²) in [6.45, 7) is 2.21. The Morgan fingerprint density at radius 2 is 2.39 bits per heavy atom. The SMILES string of the molecule is C[C@H](Cn1cncn1)NC(=O)C(=O)c1ccco1. The maximum Gasteiger partial charge on any atom is 0.296 e. The van der Waals surface area contributed by atoms with Gasteiger partial charge in [0.15, 0.2) is 5.76 Å². The maximum atomic E-state index is 11.6. The van der Waals surface area contributed by atoms with E-state index in [2.05, 4.69) is 15.4 Å². The number of Topliss-reactive ketones (excluding diaryl/α,β-unsaturated/α-hetero) is 1. The number of furan rings is 1. The van der Waals surface area contributed by atoms with Crippen LogP contribution in [0.1, 0.15) is 17.5 Å². The van der Waals surface area contributed by atoms with Gasteiger partial charge in [-0.15, -0.1) is 0 Å². The van der Waals surface area contributed by atoms with E-state index in [9.17, 15) is 9.59 Å². The summed E-state index contributed by atoms with van der Waals surface area (Å²) in [4.78, 5) is 27.0. The molecule has 2 rings (SSSR count). The highest BCUT2D eigenvalue weighted by Crippen LogP contribution is 2.01. The highest BCUT2D eigenvalue weighted by atomic mass is 16.3. The lowest BCUT2D eigenvalue weighted by Gasteiger charge is -2.12. The third kappa shape index (κ3) is 2.82. The molecule has 18 heavy (non-hydrogen) atoms. The Hall–Kier alpha value is -2.44. The van der Waals surface area contributed by atoms with Crippen molar-refractivity contribution in [2.24, 2.45) is 0 Å². The lowest BCUT2D eigenvalue weighted by molar-refractivity contribution is -0.117. The van der Waals surface area contributed by atoms with E-state index < -0.39 is 11.7 Å². The van der Waals surface area contributed by atoms with Gasteiger partial charge in [-0.1, -0.05) is 0 Å². The summed E-state index contributed by atoms with van der Waals surface area (Å²) >= 11 is 0. The van der Waals surface area contributed by atoms with Gasteiger partial charge in [0.2, 0.25) is 0 Å². The molecule has 0 aromatic carbocycles. The summed E-state index contributed by atoms with van der Waals surface area (Å²) in [6, 6.07) is 2.77. The lowest BCUT2D eigenvalue weighted by Crippen LogP contribution is -2.39. The number of carbonyl (C=O) groups excluding carboxylic acids is 2. The predicted molar refractivity (Wildman–Crippen MR) is 60.7 cm³/mol. The van der Waals surface area contributed by atoms with Crippen molar-refractivity contribution in [1.82, 2.24) is 20.1 Å². The van der Waals surface area contributed by atoms with Gasteiger partial charge >= 0.3 is 0 Å². The second-order valence-corrected chi connectivity index (χ2v) is 3.80. The Bertz CT molecular complexity index is 518. The van der Waals surface area contributed by atoms with Crippen LogP contribution in [0, 0.1) is 0 Å². The summed E-state index contributed by atoms with van der Waals surface area (Å²) < 4.78 is 6.44. The van der Waals surface area contributed by atoms with Gasteiger partial charge < -0.3 is 9.73 Å². The second kappa shape index (κ2) is 5.26. The number of hydrogen-bond donors (Lipinski definition) is 1. The molecule has 1 amide bonds. The van der Waals surface area contributed by atoms with E-state index >= 15 is 0 Å². The third-order valence-electron chi connectivity index (χ3n) is 2.26. The molecular weight excluding hydrogens is 236 g/mol. The second-order valence-electron chi connectivity index (χ2n) is 3.80. The largest absolute Gasteiger partial charge is 0.461 e. The van der Waals surface area contributed by atoms with E-state index in [-0.39, 0.29) is 11.8 Å². The highest BCUT2D eigenvalue weighted by Gasteiger charge is 2.20. The molecule has 0 bridgehead atoms. The first-order valence-electron chi connectivity index (χ1n) is 5.38. The smallest absolute Gasteiger partial charge is 0.296 e. The van der Waals surface area contributed by atoms with Crippen molar-refractivity contribution in [2.75, 3.05) is 0 Å². The molecule has 0 aliphatic rings. The molecule has 1 N–H and O–H groups in total. The zero-order valence-electron chi connectivity index (χ0n) is 9.74. The first kappa shape index (κ1) is 12.0. The summed E-state index contributed by atoms with van der Waals surface area (Å²) in [5, 5.41) is 6.48. The standard InChI is InChI=1S/C11H12N4O3/c1-8(5-15-7-12-6-13-15)14-11(17)10(16)9-3-2-4-18-9/h2-4,6-8H,5H2,1H3,(H,14,17)/t8-/m1/s1. The van der Waals surface area contributed by atoms with E-state index in [1.807, 2.05) is 0 Å². The predicted octanol–water partition coefficient (Wildman–Crippen LogP) is 0.259. The molecule has 2 aromatic rings. The summed E-state index contributed by atoms with van der Waals surface area (Å²) in [5.74, 6) is -1.36. The van der Waals surface area contributed by atoms with Crippen LogP contribution >= 0.6 is 0 Å². The average molecular weight is 248 g/mol. The number of rotatable bonds is 5. The number of carbonyl (C=O) groups is 2. The molecule has 0 radical (unpaired) electrons. The fraction of sp³-hybridized carbons (Fsp3) is 0.273. The topological polar surface area (TPSA) is 90.0 Å². The first-order valence-corrected chi connectivity index (χ1v) is 5.38. The normalized spacial score (nSPS) is 12.1. The quantitative estimate of drug-likeness (QED) is 0.605. The van der Waals surface area contributed by atoms with Gasteiger partial charge in [-0.25, -0.2) is 4.98 Å². The fourth-order valence-electron chi connectivity index (χ4n) is 1.46. The van der Waals surface area contributed by atoms with Crippen molar-refractivity contribution in [2.45, 2.75) is 19.5 Å². The van der Waals surface area contributed by atoms with Gasteiger partial charge in [-0.3, -0.25) is 14.3 Å². The first-order chi connectivity index (χ1) is 8.66. The summed E-state index contributed by atoms with van der Waals surface area (Å²) in [7, 11) is 0. The van der Waals surface area contributed by atoms with Crippen LogP contribution in [0.3, 0.4) is 0 Å². The number of hydrogen-bond acceptors (Lipinski definition) is 5. The summed E-state index contributed by atoms with van der Waals surface area (Å²) in [5.41, 5.74) is 0. The van der Waals surface area contributed by atoms with E-state index in [0.717, 1.165) is 0 Å². The molecule has 0 saturated carbocycles. The number of nitrogens with zero attached hydrogens (tertiary/aromatic N) is 3. The zero-order valence-corrected chi connectivity index (χ0v) is 9.74. The van der Waals surface area contributed by atoms with Crippen LogP contribution in [0.4, 0.5) is 0 Å². The maximum absolute atomic E-state index is 11.6. The molecule has 2 heterocycles. The monoisotopic (exact) mass is 248 g/mol. The van der Waals surface area contributed by atoms with Crippen LogP contribution in [0.5, 0.6) is 0 Å². The van der Waals surface area contributed by atoms with Crippen LogP contribution in [-0.2, 0) is 11.3 Å². The lowest BCUT2D eigenvalue weighted by atomic mass is 10.2. The van der Waals surface area contributed by atoms with E-state index in [0.29, 0.717) is 6.54 Å². The van der Waals surface area contributed by atoms with Gasteiger partial charge in [0.25, 0.3) is 11.7 Å².